The Morgan fingerprint density at radius 3 is 2.60 bits per heavy atom. The Morgan fingerprint density at radius 1 is 1.03 bits per heavy atom. The molecule has 10 heteroatoms. The molecule has 0 radical (unpaired) electrons. The number of carbonyl (C=O) groups is 2. The topological polar surface area (TPSA) is 116 Å². The van der Waals surface area contributed by atoms with E-state index in [4.69, 9.17) is 10.5 Å². The number of nitrogens with two attached hydrogens (primary N) is 1. The predicted molar refractivity (Wildman–Crippen MR) is 132 cm³/mol. The number of benzene rings is 2. The van der Waals surface area contributed by atoms with Gasteiger partial charge in [-0.25, -0.2) is 0 Å². The molecule has 0 saturated carbocycles. The zero-order valence-electron chi connectivity index (χ0n) is 18.7. The molecule has 2 aromatic carbocycles. The molecule has 1 aliphatic heterocycles. The highest BCUT2D eigenvalue weighted by Crippen LogP contribution is 2.34. The molecule has 0 saturated heterocycles. The molecule has 0 aliphatic carbocycles. The molecule has 1 aliphatic rings. The lowest BCUT2D eigenvalue weighted by Crippen LogP contribution is -2.49. The fraction of sp³-hybridized carbons (Fsp3) is 0.160. The monoisotopic (exact) mass is 486 g/mol. The molecular weight excluding hydrogens is 464 g/mol. The van der Waals surface area contributed by atoms with Crippen LogP contribution >= 0.6 is 11.8 Å². The Bertz CT molecular complexity index is 1350. The van der Waals surface area contributed by atoms with Gasteiger partial charge in [-0.3, -0.25) is 19.1 Å². The van der Waals surface area contributed by atoms with Gasteiger partial charge in [0.25, 0.3) is 5.91 Å². The van der Waals surface area contributed by atoms with Gasteiger partial charge in [-0.1, -0.05) is 54.2 Å². The van der Waals surface area contributed by atoms with Crippen molar-refractivity contribution >= 4 is 29.3 Å². The quantitative estimate of drug-likeness (QED) is 0.399. The molecule has 2 N–H and O–H groups in total. The molecule has 35 heavy (non-hydrogen) atoms. The minimum absolute atomic E-state index is 0.0589. The summed E-state index contributed by atoms with van der Waals surface area (Å²) in [4.78, 5) is 30.8. The number of carbonyl (C=O) groups excluding carboxylic acids is 2. The molecular formula is C25H22N6O3S. The van der Waals surface area contributed by atoms with Gasteiger partial charge in [0.15, 0.2) is 17.1 Å². The number of thioether (sulfide) groups is 1. The van der Waals surface area contributed by atoms with Gasteiger partial charge in [0, 0.05) is 18.0 Å². The maximum absolute atomic E-state index is 13.3. The summed E-state index contributed by atoms with van der Waals surface area (Å²) in [7, 11) is 0. The van der Waals surface area contributed by atoms with Crippen molar-refractivity contribution in [2.75, 3.05) is 17.2 Å². The number of nitrogens with zero attached hydrogens (tertiary/aromatic N) is 5. The van der Waals surface area contributed by atoms with E-state index in [0.29, 0.717) is 29.0 Å². The van der Waals surface area contributed by atoms with E-state index in [1.807, 2.05) is 53.1 Å². The fourth-order valence-electron chi connectivity index (χ4n) is 3.84. The van der Waals surface area contributed by atoms with E-state index >= 15 is 0 Å². The predicted octanol–water partition coefficient (Wildman–Crippen LogP) is 2.76. The van der Waals surface area contributed by atoms with Gasteiger partial charge in [-0.15, -0.1) is 10.2 Å². The zero-order chi connectivity index (χ0) is 24.2. The number of amides is 2. The Hall–Kier alpha value is -4.18. The molecule has 2 amide bonds. The van der Waals surface area contributed by atoms with Crippen molar-refractivity contribution in [3.63, 3.8) is 0 Å². The van der Waals surface area contributed by atoms with Gasteiger partial charge in [-0.05, 0) is 29.8 Å². The van der Waals surface area contributed by atoms with Crippen LogP contribution in [0.4, 0.5) is 5.69 Å². The summed E-state index contributed by atoms with van der Waals surface area (Å²) in [5.74, 6) is 0.414. The Kier molecular flexibility index (Phi) is 6.44. The van der Waals surface area contributed by atoms with Crippen LogP contribution in [0.3, 0.4) is 0 Å². The number of aromatic nitrogens is 4. The molecule has 1 unspecified atom stereocenters. The summed E-state index contributed by atoms with van der Waals surface area (Å²) >= 11 is 1.29. The second-order valence-electron chi connectivity index (χ2n) is 7.89. The molecule has 0 fully saturated rings. The first kappa shape index (κ1) is 22.6. The van der Waals surface area contributed by atoms with Crippen LogP contribution in [0.25, 0.3) is 11.4 Å². The summed E-state index contributed by atoms with van der Waals surface area (Å²) < 4.78 is 7.64. The third-order valence-electron chi connectivity index (χ3n) is 5.54. The summed E-state index contributed by atoms with van der Waals surface area (Å²) in [6, 6.07) is 20.8. The maximum Gasteiger partial charge on any atom is 0.260 e. The number of pyridine rings is 1. The highest BCUT2D eigenvalue weighted by molar-refractivity contribution is 7.99. The Labute approximate surface area is 205 Å². The smallest absolute Gasteiger partial charge is 0.260 e. The average Bonchev–Trinajstić information content (AvgIpc) is 3.29. The van der Waals surface area contributed by atoms with Crippen molar-refractivity contribution in [3.05, 3.63) is 84.7 Å². The Morgan fingerprint density at radius 2 is 1.83 bits per heavy atom. The highest BCUT2D eigenvalue weighted by atomic mass is 32.2. The van der Waals surface area contributed by atoms with E-state index in [2.05, 4.69) is 15.2 Å². The van der Waals surface area contributed by atoms with E-state index in [0.717, 1.165) is 11.1 Å². The summed E-state index contributed by atoms with van der Waals surface area (Å²) in [5, 5.41) is 9.37. The van der Waals surface area contributed by atoms with E-state index in [1.165, 1.54) is 11.8 Å². The summed E-state index contributed by atoms with van der Waals surface area (Å²) in [5.41, 5.74) is 7.99. The number of anilines is 1. The maximum atomic E-state index is 13.3. The molecule has 2 aromatic heterocycles. The first-order valence-corrected chi connectivity index (χ1v) is 11.9. The molecule has 4 aromatic rings. The van der Waals surface area contributed by atoms with Crippen LogP contribution in [0.1, 0.15) is 5.56 Å². The van der Waals surface area contributed by atoms with Crippen LogP contribution < -0.4 is 15.4 Å². The van der Waals surface area contributed by atoms with E-state index in [1.54, 1.807) is 35.5 Å². The lowest BCUT2D eigenvalue weighted by Gasteiger charge is -2.33. The van der Waals surface area contributed by atoms with E-state index in [-0.39, 0.29) is 18.2 Å². The normalized spacial score (nSPS) is 14.7. The molecule has 9 nitrogen and oxygen atoms in total. The van der Waals surface area contributed by atoms with E-state index in [9.17, 15) is 9.59 Å². The van der Waals surface area contributed by atoms with Gasteiger partial charge < -0.3 is 15.4 Å². The molecule has 0 bridgehead atoms. The van der Waals surface area contributed by atoms with Gasteiger partial charge in [-0.2, -0.15) is 0 Å². The molecule has 0 spiro atoms. The van der Waals surface area contributed by atoms with Crippen LogP contribution in [-0.4, -0.2) is 50.0 Å². The third kappa shape index (κ3) is 4.87. The van der Waals surface area contributed by atoms with E-state index < -0.39 is 12.0 Å². The van der Waals surface area contributed by atoms with Gasteiger partial charge in [0.2, 0.25) is 5.91 Å². The minimum atomic E-state index is -0.905. The van der Waals surface area contributed by atoms with Crippen molar-refractivity contribution in [2.24, 2.45) is 5.73 Å². The second-order valence-corrected chi connectivity index (χ2v) is 8.83. The van der Waals surface area contributed by atoms with Gasteiger partial charge >= 0.3 is 0 Å². The lowest BCUT2D eigenvalue weighted by atomic mass is 10.2. The number of rotatable bonds is 7. The van der Waals surface area contributed by atoms with Crippen LogP contribution in [0.5, 0.6) is 5.75 Å². The van der Waals surface area contributed by atoms with Crippen LogP contribution in [0.2, 0.25) is 0 Å². The minimum Gasteiger partial charge on any atom is -0.477 e. The largest absolute Gasteiger partial charge is 0.477 e. The van der Waals surface area contributed by atoms with Crippen LogP contribution in [-0.2, 0) is 16.1 Å². The first-order chi connectivity index (χ1) is 17.1. The molecule has 5 rings (SSSR count). The number of hydrogen-bond acceptors (Lipinski definition) is 7. The standard InChI is InChI=1S/C25H22N6O3S/c26-23(33)21-15-30(19-10-4-5-11-20(19)34-21)22(32)16-35-25-29-28-24(18-9-6-12-27-13-18)31(25)14-17-7-2-1-3-8-17/h1-13,21H,14-16H2,(H2,26,33). The second kappa shape index (κ2) is 9.98. The van der Waals surface area contributed by atoms with Crippen molar-refractivity contribution < 1.29 is 14.3 Å². The number of fused-ring (bicyclic) bond motifs is 1. The SMILES string of the molecule is NC(=O)C1CN(C(=O)CSc2nnc(-c3cccnc3)n2Cc2ccccc2)c2ccccc2O1. The van der Waals surface area contributed by atoms with Crippen molar-refractivity contribution in [3.8, 4) is 17.1 Å². The number of hydrogen-bond donors (Lipinski definition) is 1. The number of primary amides is 1. The van der Waals surface area contributed by atoms with Gasteiger partial charge in [0.05, 0.1) is 24.5 Å². The summed E-state index contributed by atoms with van der Waals surface area (Å²) in [6.45, 7) is 0.599. The van der Waals surface area contributed by atoms with Crippen LogP contribution in [0, 0.1) is 0 Å². The highest BCUT2D eigenvalue weighted by Gasteiger charge is 2.32. The average molecular weight is 487 g/mol. The van der Waals surface area contributed by atoms with Gasteiger partial charge in [0.1, 0.15) is 5.75 Å². The third-order valence-corrected chi connectivity index (χ3v) is 6.49. The number of ether oxygens (including phenoxy) is 1. The lowest BCUT2D eigenvalue weighted by molar-refractivity contribution is -0.125. The first-order valence-electron chi connectivity index (χ1n) is 11.0. The van der Waals surface area contributed by atoms with Crippen molar-refractivity contribution in [1.29, 1.82) is 0 Å². The van der Waals surface area contributed by atoms with Crippen molar-refractivity contribution in [2.45, 2.75) is 17.8 Å². The molecule has 1 atom stereocenters. The molecule has 176 valence electrons. The Balaban J connectivity index is 1.40. The number of para-hydroxylation sites is 2. The molecule has 3 heterocycles. The fourth-order valence-corrected chi connectivity index (χ4v) is 4.65. The van der Waals surface area contributed by atoms with Crippen LogP contribution in [0.15, 0.2) is 84.3 Å². The van der Waals surface area contributed by atoms with Crippen molar-refractivity contribution in [1.82, 2.24) is 19.7 Å². The zero-order valence-corrected chi connectivity index (χ0v) is 19.5. The summed E-state index contributed by atoms with van der Waals surface area (Å²) in [6.07, 6.45) is 2.53.